The zero-order valence-corrected chi connectivity index (χ0v) is 10.7. The van der Waals surface area contributed by atoms with Gasteiger partial charge in [-0.15, -0.1) is 0 Å². The quantitative estimate of drug-likeness (QED) is 0.710. The molecule has 0 bridgehead atoms. The molecule has 3 N–H and O–H groups in total. The Morgan fingerprint density at radius 3 is 2.78 bits per heavy atom. The van der Waals surface area contributed by atoms with Gasteiger partial charge in [0.2, 0.25) is 0 Å². The van der Waals surface area contributed by atoms with Crippen LogP contribution in [0, 0.1) is 0 Å². The summed E-state index contributed by atoms with van der Waals surface area (Å²) >= 11 is 0. The highest BCUT2D eigenvalue weighted by molar-refractivity contribution is 5.89. The van der Waals surface area contributed by atoms with E-state index in [-0.39, 0.29) is 5.56 Å². The molecule has 6 nitrogen and oxygen atoms in total. The molecule has 1 heterocycles. The van der Waals surface area contributed by atoms with Gasteiger partial charge in [0.15, 0.2) is 5.82 Å². The fourth-order valence-corrected chi connectivity index (χ4v) is 1.59. The number of aromatic carboxylic acids is 1. The van der Waals surface area contributed by atoms with E-state index in [0.717, 1.165) is 6.54 Å². The first kappa shape index (κ1) is 14.2. The molecule has 1 aromatic heterocycles. The second kappa shape index (κ2) is 6.80. The summed E-state index contributed by atoms with van der Waals surface area (Å²) in [6.45, 7) is 6.58. The van der Waals surface area contributed by atoms with Crippen molar-refractivity contribution in [1.82, 2.24) is 4.98 Å². The molecule has 0 saturated carbocycles. The molecule has 0 atom stereocenters. The van der Waals surface area contributed by atoms with E-state index in [1.165, 1.54) is 12.3 Å². The molecule has 100 valence electrons. The smallest absolute Gasteiger partial charge is 0.337 e. The number of nitrogen functional groups attached to an aromatic ring is 1. The van der Waals surface area contributed by atoms with Gasteiger partial charge in [-0.2, -0.15) is 0 Å². The number of rotatable bonds is 7. The lowest BCUT2D eigenvalue weighted by Gasteiger charge is -2.23. The number of anilines is 2. The molecule has 6 heteroatoms. The van der Waals surface area contributed by atoms with E-state index in [1.54, 1.807) is 0 Å². The molecule has 0 amide bonds. The number of aromatic nitrogens is 1. The second-order valence-corrected chi connectivity index (χ2v) is 3.72. The highest BCUT2D eigenvalue weighted by atomic mass is 16.5. The largest absolute Gasteiger partial charge is 0.478 e. The molecule has 18 heavy (non-hydrogen) atoms. The van der Waals surface area contributed by atoms with Crippen molar-refractivity contribution in [3.8, 4) is 0 Å². The molecular formula is C12H19N3O3. The Hall–Kier alpha value is -1.82. The van der Waals surface area contributed by atoms with Crippen LogP contribution in [0.25, 0.3) is 0 Å². The number of nitrogens with two attached hydrogens (primary N) is 1. The van der Waals surface area contributed by atoms with E-state index in [4.69, 9.17) is 15.6 Å². The van der Waals surface area contributed by atoms with Crippen LogP contribution in [0.2, 0.25) is 0 Å². The Morgan fingerprint density at radius 2 is 2.28 bits per heavy atom. The van der Waals surface area contributed by atoms with Crippen molar-refractivity contribution in [3.63, 3.8) is 0 Å². The molecule has 0 spiro atoms. The first-order valence-electron chi connectivity index (χ1n) is 5.91. The van der Waals surface area contributed by atoms with Crippen LogP contribution in [0.15, 0.2) is 12.3 Å². The van der Waals surface area contributed by atoms with Crippen molar-refractivity contribution in [2.24, 2.45) is 0 Å². The summed E-state index contributed by atoms with van der Waals surface area (Å²) in [7, 11) is 0. The van der Waals surface area contributed by atoms with Crippen LogP contribution in [0.1, 0.15) is 24.2 Å². The highest BCUT2D eigenvalue weighted by Crippen LogP contribution is 2.20. The summed E-state index contributed by atoms with van der Waals surface area (Å²) in [4.78, 5) is 16.9. The van der Waals surface area contributed by atoms with Gasteiger partial charge in [-0.05, 0) is 19.9 Å². The molecule has 0 aliphatic carbocycles. The van der Waals surface area contributed by atoms with Gasteiger partial charge in [-0.3, -0.25) is 0 Å². The molecular weight excluding hydrogens is 234 g/mol. The first-order valence-corrected chi connectivity index (χ1v) is 5.91. The maximum Gasteiger partial charge on any atom is 0.337 e. The summed E-state index contributed by atoms with van der Waals surface area (Å²) in [6, 6.07) is 1.42. The number of hydrogen-bond donors (Lipinski definition) is 2. The summed E-state index contributed by atoms with van der Waals surface area (Å²) in [5, 5.41) is 8.84. The van der Waals surface area contributed by atoms with Gasteiger partial charge in [0.25, 0.3) is 0 Å². The maximum atomic E-state index is 10.8. The summed E-state index contributed by atoms with van der Waals surface area (Å²) in [5.74, 6) is -0.430. The fourth-order valence-electron chi connectivity index (χ4n) is 1.59. The Balaban J connectivity index is 2.82. The van der Waals surface area contributed by atoms with Crippen molar-refractivity contribution < 1.29 is 14.6 Å². The van der Waals surface area contributed by atoms with Crippen LogP contribution in [-0.4, -0.2) is 42.4 Å². The maximum absolute atomic E-state index is 10.8. The molecule has 0 unspecified atom stereocenters. The average Bonchev–Trinajstić information content (AvgIpc) is 2.35. The van der Waals surface area contributed by atoms with Gasteiger partial charge in [0.1, 0.15) is 0 Å². The zero-order valence-electron chi connectivity index (χ0n) is 10.7. The van der Waals surface area contributed by atoms with Crippen LogP contribution in [0.5, 0.6) is 0 Å². The fraction of sp³-hybridized carbons (Fsp3) is 0.500. The third-order valence-corrected chi connectivity index (χ3v) is 2.53. The van der Waals surface area contributed by atoms with Gasteiger partial charge in [0, 0.05) is 25.9 Å². The summed E-state index contributed by atoms with van der Waals surface area (Å²) in [6.07, 6.45) is 1.32. The number of carboxylic acids is 1. The number of hydrogen-bond acceptors (Lipinski definition) is 5. The summed E-state index contributed by atoms with van der Waals surface area (Å²) < 4.78 is 5.28. The standard InChI is InChI=1S/C12H19N3O3/c1-3-15(5-6-18-4-2)11-10(13)7-9(8-14-11)12(16)17/h7-8H,3-6,13H2,1-2H3,(H,16,17). The van der Waals surface area contributed by atoms with Gasteiger partial charge in [-0.25, -0.2) is 9.78 Å². The number of nitrogens with zero attached hydrogens (tertiary/aromatic N) is 2. The topological polar surface area (TPSA) is 88.7 Å². The number of pyridine rings is 1. The molecule has 0 radical (unpaired) electrons. The molecule has 0 fully saturated rings. The van der Waals surface area contributed by atoms with Crippen molar-refractivity contribution in [3.05, 3.63) is 17.8 Å². The van der Waals surface area contributed by atoms with Crippen molar-refractivity contribution in [2.45, 2.75) is 13.8 Å². The molecule has 1 aromatic rings. The zero-order chi connectivity index (χ0) is 13.5. The van der Waals surface area contributed by atoms with Crippen molar-refractivity contribution in [2.75, 3.05) is 36.9 Å². The number of carboxylic acid groups (broad SMARTS) is 1. The first-order chi connectivity index (χ1) is 8.60. The monoisotopic (exact) mass is 253 g/mol. The van der Waals surface area contributed by atoms with E-state index in [1.807, 2.05) is 18.7 Å². The molecule has 0 aromatic carbocycles. The summed E-state index contributed by atoms with van der Waals surface area (Å²) in [5.41, 5.74) is 6.29. The molecule has 0 aliphatic rings. The van der Waals surface area contributed by atoms with Crippen LogP contribution < -0.4 is 10.6 Å². The predicted octanol–water partition coefficient (Wildman–Crippen LogP) is 1.22. The van der Waals surface area contributed by atoms with Crippen LogP contribution in [-0.2, 0) is 4.74 Å². The van der Waals surface area contributed by atoms with E-state index in [9.17, 15) is 4.79 Å². The van der Waals surface area contributed by atoms with E-state index < -0.39 is 5.97 Å². The second-order valence-electron chi connectivity index (χ2n) is 3.72. The Morgan fingerprint density at radius 1 is 1.56 bits per heavy atom. The molecule has 0 aliphatic heterocycles. The van der Waals surface area contributed by atoms with E-state index >= 15 is 0 Å². The minimum atomic E-state index is -1.03. The van der Waals surface area contributed by atoms with Gasteiger partial charge in [-0.1, -0.05) is 0 Å². The van der Waals surface area contributed by atoms with Crippen molar-refractivity contribution in [1.29, 1.82) is 0 Å². The number of ether oxygens (including phenoxy) is 1. The van der Waals surface area contributed by atoms with E-state index in [2.05, 4.69) is 4.98 Å². The predicted molar refractivity (Wildman–Crippen MR) is 70.0 cm³/mol. The van der Waals surface area contributed by atoms with Crippen LogP contribution >= 0.6 is 0 Å². The lowest BCUT2D eigenvalue weighted by Crippen LogP contribution is -2.29. The lowest BCUT2D eigenvalue weighted by molar-refractivity contribution is 0.0696. The van der Waals surface area contributed by atoms with Crippen LogP contribution in [0.3, 0.4) is 0 Å². The normalized spacial score (nSPS) is 10.3. The molecule has 1 rings (SSSR count). The highest BCUT2D eigenvalue weighted by Gasteiger charge is 2.12. The minimum Gasteiger partial charge on any atom is -0.478 e. The lowest BCUT2D eigenvalue weighted by atomic mass is 10.2. The SMILES string of the molecule is CCOCCN(CC)c1ncc(C(=O)O)cc1N. The Labute approximate surface area is 106 Å². The third kappa shape index (κ3) is 3.59. The Kier molecular flexibility index (Phi) is 5.38. The molecule has 0 saturated heterocycles. The third-order valence-electron chi connectivity index (χ3n) is 2.53. The number of carbonyl (C=O) groups is 1. The minimum absolute atomic E-state index is 0.0945. The van der Waals surface area contributed by atoms with Crippen molar-refractivity contribution >= 4 is 17.5 Å². The van der Waals surface area contributed by atoms with Gasteiger partial charge >= 0.3 is 5.97 Å². The average molecular weight is 253 g/mol. The van der Waals surface area contributed by atoms with Gasteiger partial charge < -0.3 is 20.5 Å². The van der Waals surface area contributed by atoms with Gasteiger partial charge in [0.05, 0.1) is 17.9 Å². The van der Waals surface area contributed by atoms with Crippen LogP contribution in [0.4, 0.5) is 11.5 Å². The number of likely N-dealkylation sites (N-methyl/N-ethyl adjacent to an activating group) is 1. The Bertz CT molecular complexity index is 410. The van der Waals surface area contributed by atoms with E-state index in [0.29, 0.717) is 31.3 Å².